The molecule has 42 heavy (non-hydrogen) atoms. The average molecular weight is 603 g/mol. The fraction of sp³-hybridized carbons (Fsp3) is 0.345. The number of aryl methyl sites for hydroxylation is 1. The second-order valence-electron chi connectivity index (χ2n) is 10.2. The number of aromatic amines is 1. The van der Waals surface area contributed by atoms with E-state index >= 15 is 0 Å². The molecule has 3 aromatic rings. The van der Waals surface area contributed by atoms with Crippen molar-refractivity contribution < 1.29 is 27.7 Å². The van der Waals surface area contributed by atoms with Crippen LogP contribution in [-0.2, 0) is 17.5 Å². The van der Waals surface area contributed by atoms with Gasteiger partial charge in [0.05, 0.1) is 21.8 Å². The van der Waals surface area contributed by atoms with Crippen LogP contribution >= 0.6 is 11.3 Å². The number of benzene rings is 2. The summed E-state index contributed by atoms with van der Waals surface area (Å²) < 4.78 is 41.7. The summed E-state index contributed by atoms with van der Waals surface area (Å²) in [5.74, 6) is 5.62. The summed E-state index contributed by atoms with van der Waals surface area (Å²) in [7, 11) is 1.73. The summed E-state index contributed by atoms with van der Waals surface area (Å²) in [6.07, 6.45) is 0.843. The molecule has 1 aliphatic rings. The predicted octanol–water partition coefficient (Wildman–Crippen LogP) is 4.90. The van der Waals surface area contributed by atoms with Gasteiger partial charge >= 0.3 is 17.2 Å². The highest BCUT2D eigenvalue weighted by Gasteiger charge is 2.34. The zero-order valence-electron chi connectivity index (χ0n) is 23.9. The number of nitrogens with zero attached hydrogens (tertiary/aromatic N) is 2. The lowest BCUT2D eigenvalue weighted by molar-refractivity contribution is -0.354. The molecule has 9 nitrogen and oxygen atoms in total. The van der Waals surface area contributed by atoms with Crippen LogP contribution in [0.5, 0.6) is 0 Å². The first-order valence-corrected chi connectivity index (χ1v) is 14.3. The number of hydrogen-bond acceptors (Lipinski definition) is 7. The van der Waals surface area contributed by atoms with E-state index in [1.807, 2.05) is 6.92 Å². The minimum absolute atomic E-state index is 0.0835. The van der Waals surface area contributed by atoms with E-state index in [1.165, 1.54) is 30.2 Å². The Morgan fingerprint density at radius 3 is 2.50 bits per heavy atom. The van der Waals surface area contributed by atoms with E-state index in [2.05, 4.69) is 25.8 Å². The number of thiazole rings is 1. The number of rotatable bonds is 9. The Balaban J connectivity index is 1.59. The summed E-state index contributed by atoms with van der Waals surface area (Å²) in [4.78, 5) is 30.5. The van der Waals surface area contributed by atoms with Crippen LogP contribution in [0.2, 0.25) is 0 Å². The number of anilines is 3. The Bertz CT molecular complexity index is 1500. The Labute approximate surface area is 246 Å². The van der Waals surface area contributed by atoms with Crippen molar-refractivity contribution in [1.82, 2.24) is 10.2 Å². The average Bonchev–Trinajstić information content (AvgIpc) is 3.60. The van der Waals surface area contributed by atoms with Gasteiger partial charge in [-0.3, -0.25) is 14.7 Å². The van der Waals surface area contributed by atoms with Gasteiger partial charge in [0, 0.05) is 38.0 Å². The van der Waals surface area contributed by atoms with Crippen LogP contribution in [0.25, 0.3) is 5.70 Å². The highest BCUT2D eigenvalue weighted by molar-refractivity contribution is 7.16. The topological polar surface area (TPSA) is 117 Å². The highest BCUT2D eigenvalue weighted by Crippen LogP contribution is 2.36. The van der Waals surface area contributed by atoms with Gasteiger partial charge in [-0.2, -0.15) is 13.2 Å². The van der Waals surface area contributed by atoms with Gasteiger partial charge in [0.2, 0.25) is 0 Å². The zero-order chi connectivity index (χ0) is 30.6. The number of hydrogen-bond donors (Lipinski definition) is 4. The van der Waals surface area contributed by atoms with Crippen LogP contribution in [0.4, 0.5) is 29.7 Å². The van der Waals surface area contributed by atoms with E-state index in [-0.39, 0.29) is 22.7 Å². The summed E-state index contributed by atoms with van der Waals surface area (Å²) in [5, 5.41) is 10.3. The molecule has 4 rings (SSSR count). The number of nitrogens with one attached hydrogen (secondary N) is 4. The molecular formula is C29H35F3N7O2S+. The van der Waals surface area contributed by atoms with Crippen LogP contribution in [0.1, 0.15) is 57.3 Å². The molecular weight excluding hydrogens is 567 g/mol. The fourth-order valence-corrected chi connectivity index (χ4v) is 5.75. The van der Waals surface area contributed by atoms with E-state index in [1.54, 1.807) is 43.7 Å². The second-order valence-corrected chi connectivity index (χ2v) is 11.3. The van der Waals surface area contributed by atoms with Crippen molar-refractivity contribution in [1.29, 1.82) is 0 Å². The molecule has 6 N–H and O–H groups in total. The number of carbonyl (C=O) groups is 2. The maximum Gasteiger partial charge on any atom is 0.416 e. The third-order valence-electron chi connectivity index (χ3n) is 7.06. The number of hydrazine groups is 1. The third kappa shape index (κ3) is 7.46. The normalized spacial score (nSPS) is 14.1. The van der Waals surface area contributed by atoms with Gasteiger partial charge in [0.1, 0.15) is 6.20 Å². The quantitative estimate of drug-likeness (QED) is 0.205. The number of alkyl halides is 3. The van der Waals surface area contributed by atoms with Crippen molar-refractivity contribution in [2.24, 2.45) is 5.84 Å². The molecule has 0 radical (unpaired) electrons. The standard InChI is InChI=1S/C29H34F3N7O2S/c1-17-7-8-20(12-25(17)39(33)16-24(34-4)26-14-35-28(42-26)36-19(3)40)27(41)37-22-11-21(15-38-9-5-6-10-38)18(2)23(13-22)29(30,31)32/h7-8,11-14,16,34H,5-6,9-10,15,33H2,1-4H3,(H,37,41)(H,35,36,40)/p+1/b24-16-. The molecule has 1 fully saturated rings. The van der Waals surface area contributed by atoms with Crippen LogP contribution in [0.15, 0.2) is 42.7 Å². The lowest BCUT2D eigenvalue weighted by Crippen LogP contribution is -2.27. The van der Waals surface area contributed by atoms with Crippen molar-refractivity contribution in [3.8, 4) is 0 Å². The van der Waals surface area contributed by atoms with Gasteiger partial charge in [0.25, 0.3) is 5.91 Å². The summed E-state index contributed by atoms with van der Waals surface area (Å²) >= 11 is 1.31. The van der Waals surface area contributed by atoms with Gasteiger partial charge in [-0.25, -0.2) is 20.9 Å². The summed E-state index contributed by atoms with van der Waals surface area (Å²) in [6, 6.07) is 7.52. The van der Waals surface area contributed by atoms with Crippen molar-refractivity contribution >= 4 is 45.4 Å². The maximum absolute atomic E-state index is 13.9. The molecule has 2 aromatic carbocycles. The van der Waals surface area contributed by atoms with Crippen molar-refractivity contribution in [2.45, 2.75) is 46.3 Å². The smallest absolute Gasteiger partial charge is 0.386 e. The zero-order valence-corrected chi connectivity index (χ0v) is 24.7. The van der Waals surface area contributed by atoms with Crippen molar-refractivity contribution in [3.63, 3.8) is 0 Å². The molecule has 13 heteroatoms. The third-order valence-corrected chi connectivity index (χ3v) is 8.04. The van der Waals surface area contributed by atoms with E-state index in [0.29, 0.717) is 28.6 Å². The minimum atomic E-state index is -4.55. The number of nitrogens with two attached hydrogens (primary N) is 1. The van der Waals surface area contributed by atoms with Crippen molar-refractivity contribution in [3.05, 3.63) is 75.4 Å². The first-order chi connectivity index (χ1) is 19.8. The monoisotopic (exact) mass is 602 g/mol. The number of carbonyl (C=O) groups excluding carboxylic acids is 2. The molecule has 2 heterocycles. The van der Waals surface area contributed by atoms with Gasteiger partial charge in [0.15, 0.2) is 0 Å². The van der Waals surface area contributed by atoms with Crippen LogP contribution in [-0.4, -0.2) is 36.9 Å². The van der Waals surface area contributed by atoms with E-state index in [9.17, 15) is 22.8 Å². The molecule has 0 saturated carbocycles. The first-order valence-electron chi connectivity index (χ1n) is 13.4. The van der Waals surface area contributed by atoms with Crippen molar-refractivity contribution in [2.75, 3.05) is 35.8 Å². The number of halogens is 3. The van der Waals surface area contributed by atoms with E-state index in [0.717, 1.165) is 42.4 Å². The Morgan fingerprint density at radius 2 is 1.86 bits per heavy atom. The van der Waals surface area contributed by atoms with Gasteiger partial charge < -0.3 is 10.6 Å². The molecule has 0 unspecified atom stereocenters. The molecule has 224 valence electrons. The number of aromatic nitrogens is 1. The maximum atomic E-state index is 13.9. The number of amides is 2. The fourth-order valence-electron chi connectivity index (χ4n) is 4.83. The first kappa shape index (κ1) is 31.0. The summed E-state index contributed by atoms with van der Waals surface area (Å²) in [5.41, 5.74) is 2.21. The van der Waals surface area contributed by atoms with Crippen LogP contribution < -0.4 is 31.8 Å². The van der Waals surface area contributed by atoms with Gasteiger partial charge in [-0.15, -0.1) is 0 Å². The SMILES string of the molecule is CN/C(=C\N(N)c1cc(C(=O)Nc2cc(CN3CCCC3)c(C)c(C(F)(F)F)c2)ccc1C)c1c[nH+]c(NC(C)=O)s1. The van der Waals surface area contributed by atoms with E-state index in [4.69, 9.17) is 5.84 Å². The summed E-state index contributed by atoms with van der Waals surface area (Å²) in [6.45, 7) is 6.79. The molecule has 1 aromatic heterocycles. The Morgan fingerprint density at radius 1 is 1.14 bits per heavy atom. The lowest BCUT2D eigenvalue weighted by Gasteiger charge is -2.21. The highest BCUT2D eigenvalue weighted by atomic mass is 32.1. The Hall–Kier alpha value is -3.94. The number of H-pyrrole nitrogens is 1. The van der Waals surface area contributed by atoms with Gasteiger partial charge in [-0.1, -0.05) is 6.07 Å². The predicted molar refractivity (Wildman–Crippen MR) is 159 cm³/mol. The molecule has 1 saturated heterocycles. The minimum Gasteiger partial charge on any atom is -0.386 e. The van der Waals surface area contributed by atoms with Crippen LogP contribution in [0, 0.1) is 13.8 Å². The molecule has 0 spiro atoms. The lowest BCUT2D eigenvalue weighted by atomic mass is 9.99. The second kappa shape index (κ2) is 12.9. The van der Waals surface area contributed by atoms with E-state index < -0.39 is 17.6 Å². The Kier molecular flexibility index (Phi) is 9.54. The van der Waals surface area contributed by atoms with Crippen LogP contribution in [0.3, 0.4) is 0 Å². The molecule has 1 aliphatic heterocycles. The molecule has 0 atom stereocenters. The largest absolute Gasteiger partial charge is 0.416 e. The molecule has 0 aliphatic carbocycles. The number of likely N-dealkylation sites (tertiary alicyclic amines) is 1. The van der Waals surface area contributed by atoms with Gasteiger partial charge in [-0.05, 0) is 92.1 Å². The molecule has 2 amide bonds. The molecule has 0 bridgehead atoms.